The van der Waals surface area contributed by atoms with Crippen LogP contribution in [0.15, 0.2) is 18.2 Å². The Morgan fingerprint density at radius 3 is 2.90 bits per heavy atom. The number of rotatable bonds is 6. The van der Waals surface area contributed by atoms with Crippen molar-refractivity contribution in [3.05, 3.63) is 28.8 Å². The minimum Gasteiger partial charge on any atom is -0.369 e. The molecule has 1 aromatic carbocycles. The third kappa shape index (κ3) is 4.11. The number of carbonyl (C=O) groups is 1. The van der Waals surface area contributed by atoms with Crippen LogP contribution >= 0.6 is 11.6 Å². The summed E-state index contributed by atoms with van der Waals surface area (Å²) in [5.41, 5.74) is 6.80. The lowest BCUT2D eigenvalue weighted by molar-refractivity contribution is 0.100. The quantitative estimate of drug-likeness (QED) is 0.849. The molecule has 0 aliphatic carbocycles. The fraction of sp³-hybridized carbons (Fsp3) is 0.562. The van der Waals surface area contributed by atoms with E-state index < -0.39 is 5.91 Å². The van der Waals surface area contributed by atoms with Gasteiger partial charge in [-0.25, -0.2) is 0 Å². The number of anilines is 1. The fourth-order valence-electron chi connectivity index (χ4n) is 2.95. The number of hydrogen-bond acceptors (Lipinski definition) is 3. The molecular weight excluding hydrogens is 286 g/mol. The molecule has 0 radical (unpaired) electrons. The zero-order valence-corrected chi connectivity index (χ0v) is 13.3. The molecule has 1 amide bonds. The van der Waals surface area contributed by atoms with E-state index in [1.54, 1.807) is 6.07 Å². The van der Waals surface area contributed by atoms with E-state index in [1.807, 2.05) is 12.1 Å². The van der Waals surface area contributed by atoms with Gasteiger partial charge in [-0.1, -0.05) is 31.0 Å². The van der Waals surface area contributed by atoms with Gasteiger partial charge < -0.3 is 16.0 Å². The minimum atomic E-state index is -0.465. The number of benzene rings is 1. The van der Waals surface area contributed by atoms with Crippen LogP contribution in [0, 0.1) is 0 Å². The number of carbonyl (C=O) groups excluding carboxylic acids is 1. The zero-order chi connectivity index (χ0) is 15.2. The van der Waals surface area contributed by atoms with Gasteiger partial charge in [-0.15, -0.1) is 0 Å². The molecule has 0 spiro atoms. The normalized spacial score (nSPS) is 18.5. The average molecular weight is 310 g/mol. The number of nitrogens with one attached hydrogen (secondary N) is 1. The first-order valence-corrected chi connectivity index (χ1v) is 8.08. The second-order valence-corrected chi connectivity index (χ2v) is 6.00. The minimum absolute atomic E-state index is 0.428. The maximum atomic E-state index is 11.7. The largest absolute Gasteiger partial charge is 0.369 e. The number of amides is 1. The molecule has 3 N–H and O–H groups in total. The Morgan fingerprint density at radius 2 is 2.29 bits per heavy atom. The first kappa shape index (κ1) is 16.1. The summed E-state index contributed by atoms with van der Waals surface area (Å²) in [5, 5.41) is 3.98. The van der Waals surface area contributed by atoms with Crippen LogP contribution in [-0.4, -0.2) is 31.6 Å². The van der Waals surface area contributed by atoms with Crippen LogP contribution in [0.3, 0.4) is 0 Å². The van der Waals surface area contributed by atoms with E-state index in [1.165, 1.54) is 19.3 Å². The van der Waals surface area contributed by atoms with E-state index in [-0.39, 0.29) is 0 Å². The Kier molecular flexibility index (Phi) is 5.88. The summed E-state index contributed by atoms with van der Waals surface area (Å²) in [5.74, 6) is -0.465. The molecule has 1 aliphatic heterocycles. The Bertz CT molecular complexity index is 486. The molecule has 1 atom stereocenters. The number of piperidine rings is 1. The van der Waals surface area contributed by atoms with E-state index in [0.717, 1.165) is 31.7 Å². The molecule has 4 nitrogen and oxygen atoms in total. The van der Waals surface area contributed by atoms with E-state index in [9.17, 15) is 4.79 Å². The summed E-state index contributed by atoms with van der Waals surface area (Å²) >= 11 is 6.17. The van der Waals surface area contributed by atoms with Crippen LogP contribution in [0.1, 0.15) is 43.0 Å². The third-order valence-corrected chi connectivity index (χ3v) is 4.24. The number of hydrogen-bond donors (Lipinski definition) is 2. The van der Waals surface area contributed by atoms with Crippen molar-refractivity contribution in [2.45, 2.75) is 38.6 Å². The Hall–Kier alpha value is -1.26. The van der Waals surface area contributed by atoms with Crippen molar-refractivity contribution in [3.8, 4) is 0 Å². The highest BCUT2D eigenvalue weighted by Gasteiger charge is 2.21. The second kappa shape index (κ2) is 7.66. The number of nitrogens with two attached hydrogens (primary N) is 1. The van der Waals surface area contributed by atoms with Gasteiger partial charge in [0.1, 0.15) is 0 Å². The lowest BCUT2D eigenvalue weighted by Gasteiger charge is -2.33. The van der Waals surface area contributed by atoms with Gasteiger partial charge in [-0.05, 0) is 37.9 Å². The highest BCUT2D eigenvalue weighted by Crippen LogP contribution is 2.28. The Balaban J connectivity index is 2.24. The van der Waals surface area contributed by atoms with Crippen molar-refractivity contribution in [1.82, 2.24) is 5.32 Å². The zero-order valence-electron chi connectivity index (χ0n) is 12.6. The molecule has 0 bridgehead atoms. The van der Waals surface area contributed by atoms with Crippen LogP contribution in [-0.2, 0) is 0 Å². The molecule has 1 aliphatic rings. The van der Waals surface area contributed by atoms with Gasteiger partial charge in [0.2, 0.25) is 0 Å². The second-order valence-electron chi connectivity index (χ2n) is 5.59. The predicted octanol–water partition coefficient (Wildman–Crippen LogP) is 2.80. The van der Waals surface area contributed by atoms with Gasteiger partial charge in [0, 0.05) is 19.1 Å². The van der Waals surface area contributed by atoms with E-state index in [0.29, 0.717) is 16.6 Å². The topological polar surface area (TPSA) is 58.4 Å². The molecule has 0 saturated carbocycles. The molecule has 2 rings (SSSR count). The van der Waals surface area contributed by atoms with Gasteiger partial charge >= 0.3 is 0 Å². The summed E-state index contributed by atoms with van der Waals surface area (Å²) < 4.78 is 0. The summed E-state index contributed by atoms with van der Waals surface area (Å²) in [4.78, 5) is 14.0. The third-order valence-electron chi connectivity index (χ3n) is 3.93. The van der Waals surface area contributed by atoms with Gasteiger partial charge in [0.25, 0.3) is 5.91 Å². The smallest absolute Gasteiger partial charge is 0.252 e. The van der Waals surface area contributed by atoms with Crippen molar-refractivity contribution in [2.75, 3.05) is 24.5 Å². The summed E-state index contributed by atoms with van der Waals surface area (Å²) in [6.07, 6.45) is 4.69. The van der Waals surface area contributed by atoms with Crippen LogP contribution < -0.4 is 16.0 Å². The maximum Gasteiger partial charge on any atom is 0.252 e. The average Bonchev–Trinajstić information content (AvgIpc) is 2.47. The van der Waals surface area contributed by atoms with E-state index >= 15 is 0 Å². The molecular formula is C16H24ClN3O. The first-order valence-electron chi connectivity index (χ1n) is 7.70. The molecule has 21 heavy (non-hydrogen) atoms. The predicted molar refractivity (Wildman–Crippen MR) is 88.1 cm³/mol. The van der Waals surface area contributed by atoms with Crippen LogP contribution in [0.5, 0.6) is 0 Å². The van der Waals surface area contributed by atoms with Crippen LogP contribution in [0.4, 0.5) is 5.69 Å². The molecule has 0 aromatic heterocycles. The van der Waals surface area contributed by atoms with Crippen LogP contribution in [0.2, 0.25) is 5.02 Å². The van der Waals surface area contributed by atoms with Gasteiger partial charge in [-0.2, -0.15) is 0 Å². The van der Waals surface area contributed by atoms with E-state index in [2.05, 4.69) is 17.1 Å². The molecule has 1 fully saturated rings. The first-order chi connectivity index (χ1) is 10.1. The van der Waals surface area contributed by atoms with Crippen molar-refractivity contribution < 1.29 is 4.79 Å². The summed E-state index contributed by atoms with van der Waals surface area (Å²) in [6.45, 7) is 4.98. The van der Waals surface area contributed by atoms with Crippen molar-refractivity contribution in [2.24, 2.45) is 5.73 Å². The summed E-state index contributed by atoms with van der Waals surface area (Å²) in [6, 6.07) is 5.99. The van der Waals surface area contributed by atoms with Gasteiger partial charge in [0.15, 0.2) is 0 Å². The SMILES string of the molecule is CCCN(CC1CCCCN1)c1cccc(Cl)c1C(N)=O. The molecule has 1 aromatic rings. The number of nitrogens with zero attached hydrogens (tertiary/aromatic N) is 1. The van der Waals surface area contributed by atoms with Crippen molar-refractivity contribution in [3.63, 3.8) is 0 Å². The number of halogens is 1. The van der Waals surface area contributed by atoms with Crippen molar-refractivity contribution in [1.29, 1.82) is 0 Å². The fourth-order valence-corrected chi connectivity index (χ4v) is 3.21. The lowest BCUT2D eigenvalue weighted by Crippen LogP contribution is -2.44. The molecule has 1 saturated heterocycles. The molecule has 1 heterocycles. The van der Waals surface area contributed by atoms with E-state index in [4.69, 9.17) is 17.3 Å². The van der Waals surface area contributed by atoms with Crippen LogP contribution in [0.25, 0.3) is 0 Å². The molecule has 5 heteroatoms. The lowest BCUT2D eigenvalue weighted by atomic mass is 10.0. The highest BCUT2D eigenvalue weighted by atomic mass is 35.5. The maximum absolute atomic E-state index is 11.7. The standard InChI is InChI=1S/C16H24ClN3O/c1-2-10-20(11-12-6-3-4-9-19-12)14-8-5-7-13(17)15(14)16(18)21/h5,7-8,12,19H,2-4,6,9-11H2,1H3,(H2,18,21). The van der Waals surface area contributed by atoms with Gasteiger partial charge in [0.05, 0.1) is 16.3 Å². The highest BCUT2D eigenvalue weighted by molar-refractivity contribution is 6.34. The Labute approximate surface area is 131 Å². The molecule has 1 unspecified atom stereocenters. The molecule has 116 valence electrons. The Morgan fingerprint density at radius 1 is 1.48 bits per heavy atom. The summed E-state index contributed by atoms with van der Waals surface area (Å²) in [7, 11) is 0. The van der Waals surface area contributed by atoms with Gasteiger partial charge in [-0.3, -0.25) is 4.79 Å². The van der Waals surface area contributed by atoms with Crippen molar-refractivity contribution >= 4 is 23.2 Å². The number of primary amides is 1. The monoisotopic (exact) mass is 309 g/mol.